The minimum atomic E-state index is -0.0321. The van der Waals surface area contributed by atoms with Gasteiger partial charge in [-0.15, -0.1) is 0 Å². The molecule has 2 nitrogen and oxygen atoms in total. The predicted molar refractivity (Wildman–Crippen MR) is 76.9 cm³/mol. The van der Waals surface area contributed by atoms with Gasteiger partial charge in [0.05, 0.1) is 12.6 Å². The third kappa shape index (κ3) is 3.75. The average molecular weight is 240 g/mol. The Kier molecular flexibility index (Phi) is 5.86. The van der Waals surface area contributed by atoms with E-state index in [2.05, 4.69) is 32.2 Å². The zero-order valence-electron chi connectivity index (χ0n) is 11.8. The molecule has 0 saturated heterocycles. The molecule has 0 unspecified atom stereocenters. The lowest BCUT2D eigenvalue weighted by atomic mass is 9.85. The van der Waals surface area contributed by atoms with Gasteiger partial charge < -0.3 is 0 Å². The van der Waals surface area contributed by atoms with Crippen molar-refractivity contribution in [3.05, 3.63) is 45.6 Å². The zero-order valence-corrected chi connectivity index (χ0v) is 11.8. The van der Waals surface area contributed by atoms with Gasteiger partial charge in [0.15, 0.2) is 0 Å². The molecule has 0 saturated carbocycles. The second-order valence-electron chi connectivity index (χ2n) is 4.69. The van der Waals surface area contributed by atoms with Crippen LogP contribution in [0.1, 0.15) is 40.2 Å². The molecule has 2 heteroatoms. The summed E-state index contributed by atoms with van der Waals surface area (Å²) in [6, 6.07) is 7.43. The molecule has 1 rings (SSSR count). The molecule has 0 aromatic heterocycles. The van der Waals surface area contributed by atoms with E-state index >= 15 is 0 Å². The summed E-state index contributed by atoms with van der Waals surface area (Å²) < 4.78 is 0. The monoisotopic (exact) mass is 240 g/mol. The van der Waals surface area contributed by atoms with Crippen molar-refractivity contribution < 1.29 is 0 Å². The SMILES string of the molecule is CC.[C-]#[N+]/C(C#N)=c1/ccc(=C)c(C(C)(C)C)c1. The molecule has 0 fully saturated rings. The highest BCUT2D eigenvalue weighted by Crippen LogP contribution is 2.16. The standard InChI is InChI=1S/C14H14N2.C2H6/c1-10-6-7-11(13(9-15)16-5)8-12(10)14(2,3)4;1-2/h6-8H,1H2,2-4H3;1-2H3/b13-11-;. The van der Waals surface area contributed by atoms with E-state index in [1.807, 2.05) is 32.0 Å². The molecule has 0 aliphatic carbocycles. The van der Waals surface area contributed by atoms with Gasteiger partial charge in [-0.3, -0.25) is 0 Å². The summed E-state index contributed by atoms with van der Waals surface area (Å²) in [5.41, 5.74) is 1.17. The first-order valence-electron chi connectivity index (χ1n) is 6.01. The fourth-order valence-electron chi connectivity index (χ4n) is 1.58. The summed E-state index contributed by atoms with van der Waals surface area (Å²) in [6.45, 7) is 21.2. The Labute approximate surface area is 110 Å². The highest BCUT2D eigenvalue weighted by atomic mass is 14.7. The van der Waals surface area contributed by atoms with Crippen LogP contribution in [0.5, 0.6) is 0 Å². The molecule has 0 atom stereocenters. The summed E-state index contributed by atoms with van der Waals surface area (Å²) in [6.07, 6.45) is 0. The largest absolute Gasteiger partial charge is 0.268 e. The number of rotatable bonds is 0. The highest BCUT2D eigenvalue weighted by Gasteiger charge is 2.14. The van der Waals surface area contributed by atoms with Crippen molar-refractivity contribution >= 4 is 12.3 Å². The van der Waals surface area contributed by atoms with E-state index in [0.29, 0.717) is 5.22 Å². The quantitative estimate of drug-likeness (QED) is 0.641. The van der Waals surface area contributed by atoms with Gasteiger partial charge >= 0.3 is 0 Å². The molecule has 1 aromatic carbocycles. The number of hydrogen-bond acceptors (Lipinski definition) is 1. The van der Waals surface area contributed by atoms with E-state index in [0.717, 1.165) is 10.8 Å². The minimum absolute atomic E-state index is 0.0321. The van der Waals surface area contributed by atoms with Crippen molar-refractivity contribution in [1.29, 1.82) is 5.26 Å². The van der Waals surface area contributed by atoms with E-state index in [4.69, 9.17) is 11.8 Å². The molecule has 0 aliphatic rings. The second kappa shape index (κ2) is 6.62. The van der Waals surface area contributed by atoms with E-state index < -0.39 is 0 Å². The Morgan fingerprint density at radius 3 is 2.28 bits per heavy atom. The van der Waals surface area contributed by atoms with Gasteiger partial charge in [-0.25, -0.2) is 10.1 Å². The Morgan fingerprint density at radius 2 is 1.89 bits per heavy atom. The maximum absolute atomic E-state index is 8.83. The van der Waals surface area contributed by atoms with E-state index in [-0.39, 0.29) is 11.1 Å². The first-order valence-corrected chi connectivity index (χ1v) is 6.01. The van der Waals surface area contributed by atoms with Crippen molar-refractivity contribution in [3.8, 4) is 6.07 Å². The summed E-state index contributed by atoms with van der Waals surface area (Å²) >= 11 is 0. The van der Waals surface area contributed by atoms with Crippen LogP contribution in [0.15, 0.2) is 18.2 Å². The van der Waals surface area contributed by atoms with Gasteiger partial charge in [0.1, 0.15) is 0 Å². The maximum Gasteiger partial charge on any atom is 0.268 e. The first-order chi connectivity index (χ1) is 8.40. The van der Waals surface area contributed by atoms with Crippen LogP contribution >= 0.6 is 0 Å². The third-order valence-corrected chi connectivity index (χ3v) is 2.41. The van der Waals surface area contributed by atoms with Crippen molar-refractivity contribution in [2.75, 3.05) is 0 Å². The average Bonchev–Trinajstić information content (AvgIpc) is 2.34. The van der Waals surface area contributed by atoms with Crippen molar-refractivity contribution in [2.45, 2.75) is 40.0 Å². The maximum atomic E-state index is 8.83. The Morgan fingerprint density at radius 1 is 1.33 bits per heavy atom. The summed E-state index contributed by atoms with van der Waals surface area (Å²) in [5, 5.41) is 10.4. The van der Waals surface area contributed by atoms with Crippen LogP contribution in [-0.2, 0) is 5.41 Å². The second-order valence-corrected chi connectivity index (χ2v) is 4.69. The lowest BCUT2D eigenvalue weighted by molar-refractivity contribution is 0.586. The molecular weight excluding hydrogens is 220 g/mol. The van der Waals surface area contributed by atoms with Gasteiger partial charge in [-0.05, 0) is 21.4 Å². The van der Waals surface area contributed by atoms with Crippen molar-refractivity contribution in [1.82, 2.24) is 0 Å². The van der Waals surface area contributed by atoms with E-state index in [1.54, 1.807) is 6.07 Å². The number of benzene rings is 1. The Hall–Kier alpha value is -2.06. The lowest BCUT2D eigenvalue weighted by Gasteiger charge is -2.19. The summed E-state index contributed by atoms with van der Waals surface area (Å²) in [7, 11) is 0. The van der Waals surface area contributed by atoms with Crippen LogP contribution in [0.25, 0.3) is 17.1 Å². The number of nitriles is 1. The first kappa shape index (κ1) is 15.9. The van der Waals surface area contributed by atoms with Gasteiger partial charge in [0, 0.05) is 0 Å². The van der Waals surface area contributed by atoms with Gasteiger partial charge in [0.25, 0.3) is 5.70 Å². The number of nitrogens with zero attached hydrogens (tertiary/aromatic N) is 2. The van der Waals surface area contributed by atoms with Gasteiger partial charge in [0.2, 0.25) is 0 Å². The van der Waals surface area contributed by atoms with Crippen LogP contribution in [-0.4, -0.2) is 0 Å². The number of hydrogen-bond donors (Lipinski definition) is 0. The predicted octanol–water partition coefficient (Wildman–Crippen LogP) is 2.97. The van der Waals surface area contributed by atoms with Crippen molar-refractivity contribution in [2.24, 2.45) is 0 Å². The normalized spacial score (nSPS) is 11.5. The van der Waals surface area contributed by atoms with Crippen LogP contribution in [0.2, 0.25) is 0 Å². The molecule has 0 heterocycles. The van der Waals surface area contributed by atoms with Gasteiger partial charge in [-0.2, -0.15) is 0 Å². The molecular formula is C16H20N2. The molecule has 0 bridgehead atoms. The molecule has 0 spiro atoms. The fourth-order valence-corrected chi connectivity index (χ4v) is 1.58. The lowest BCUT2D eigenvalue weighted by Crippen LogP contribution is -2.25. The fraction of sp³-hybridized carbons (Fsp3) is 0.375. The van der Waals surface area contributed by atoms with Crippen LogP contribution in [0, 0.1) is 17.9 Å². The van der Waals surface area contributed by atoms with E-state index in [9.17, 15) is 0 Å². The smallest absolute Gasteiger partial charge is 0.226 e. The van der Waals surface area contributed by atoms with Gasteiger partial charge in [-0.1, -0.05) is 59.4 Å². The molecule has 0 radical (unpaired) electrons. The van der Waals surface area contributed by atoms with Crippen molar-refractivity contribution in [3.63, 3.8) is 0 Å². The molecule has 1 aromatic rings. The third-order valence-electron chi connectivity index (χ3n) is 2.41. The summed E-state index contributed by atoms with van der Waals surface area (Å²) in [5.74, 6) is 0. The van der Waals surface area contributed by atoms with E-state index in [1.165, 1.54) is 0 Å². The van der Waals surface area contributed by atoms with Crippen LogP contribution < -0.4 is 10.4 Å². The Balaban J connectivity index is 0.00000137. The Bertz CT molecular complexity index is 574. The molecule has 0 amide bonds. The van der Waals surface area contributed by atoms with Crippen LogP contribution in [0.4, 0.5) is 0 Å². The minimum Gasteiger partial charge on any atom is -0.226 e. The highest BCUT2D eigenvalue weighted by molar-refractivity contribution is 5.65. The summed E-state index contributed by atoms with van der Waals surface area (Å²) in [4.78, 5) is 3.21. The van der Waals surface area contributed by atoms with Crippen LogP contribution in [0.3, 0.4) is 0 Å². The molecule has 94 valence electrons. The molecule has 18 heavy (non-hydrogen) atoms. The zero-order chi connectivity index (χ0) is 14.3. The topological polar surface area (TPSA) is 28.1 Å². The molecule has 0 N–H and O–H groups in total. The molecule has 0 aliphatic heterocycles.